The van der Waals surface area contributed by atoms with Gasteiger partial charge in [-0.25, -0.2) is 0 Å². The van der Waals surface area contributed by atoms with Crippen molar-refractivity contribution in [3.05, 3.63) is 86.1 Å². The minimum Gasteiger partial charge on any atom is -0.503 e. The second-order valence-electron chi connectivity index (χ2n) is 7.46. The zero-order valence-electron chi connectivity index (χ0n) is 17.2. The van der Waals surface area contributed by atoms with E-state index in [2.05, 4.69) is 4.98 Å². The number of Topliss-reactive ketones (excluding diaryl/α,β-unsaturated/α-hetero) is 1. The van der Waals surface area contributed by atoms with E-state index >= 15 is 0 Å². The van der Waals surface area contributed by atoms with Gasteiger partial charge in [0.25, 0.3) is 5.91 Å². The van der Waals surface area contributed by atoms with Gasteiger partial charge in [0.15, 0.2) is 5.76 Å². The van der Waals surface area contributed by atoms with Gasteiger partial charge in [-0.1, -0.05) is 12.1 Å². The molecule has 1 aliphatic heterocycles. The van der Waals surface area contributed by atoms with Gasteiger partial charge in [0, 0.05) is 28.5 Å². The number of ether oxygens (including phenoxy) is 1. The van der Waals surface area contributed by atoms with Crippen molar-refractivity contribution in [2.24, 2.45) is 0 Å². The number of hydrogen-bond acceptors (Lipinski definition) is 6. The Balaban J connectivity index is 1.47. The van der Waals surface area contributed by atoms with Crippen molar-refractivity contribution in [2.75, 3.05) is 13.7 Å². The van der Waals surface area contributed by atoms with Gasteiger partial charge in [0.05, 0.1) is 23.6 Å². The number of aliphatic hydroxyl groups excluding tert-OH is 1. The number of amides is 1. The Hall–Kier alpha value is -3.36. The van der Waals surface area contributed by atoms with Crippen LogP contribution in [0.25, 0.3) is 10.9 Å². The minimum absolute atomic E-state index is 0.153. The summed E-state index contributed by atoms with van der Waals surface area (Å²) in [7, 11) is 1.63. The number of thiophene rings is 2. The lowest BCUT2D eigenvalue weighted by Crippen LogP contribution is -2.32. The largest absolute Gasteiger partial charge is 0.503 e. The number of H-pyrrole nitrogens is 1. The maximum absolute atomic E-state index is 13.2. The number of fused-ring (bicyclic) bond motifs is 1. The number of carbonyl (C=O) groups is 2. The molecule has 3 aromatic heterocycles. The molecule has 8 heteroatoms. The highest BCUT2D eigenvalue weighted by Crippen LogP contribution is 2.41. The summed E-state index contributed by atoms with van der Waals surface area (Å²) in [4.78, 5) is 32.5. The van der Waals surface area contributed by atoms with Gasteiger partial charge >= 0.3 is 0 Å². The standard InChI is InChI=1S/C24H20N2O4S2/c1-30-15-6-7-17-16(12-15)14(13-25-17)8-9-26-21(18-4-2-10-31-18)20(23(28)24(26)29)22(27)19-5-3-11-32-19/h2-7,10-13,21,25,28H,8-9H2,1H3/t21-/m0/s1. The van der Waals surface area contributed by atoms with E-state index in [9.17, 15) is 14.7 Å². The molecule has 0 radical (unpaired) electrons. The zero-order valence-corrected chi connectivity index (χ0v) is 18.8. The van der Waals surface area contributed by atoms with Gasteiger partial charge in [-0.05, 0) is 53.1 Å². The molecule has 6 nitrogen and oxygen atoms in total. The third-order valence-electron chi connectivity index (χ3n) is 5.70. The molecule has 0 saturated carbocycles. The first kappa shape index (κ1) is 20.5. The van der Waals surface area contributed by atoms with Crippen LogP contribution in [0.4, 0.5) is 0 Å². The molecule has 32 heavy (non-hydrogen) atoms. The lowest BCUT2D eigenvalue weighted by molar-refractivity contribution is -0.129. The lowest BCUT2D eigenvalue weighted by atomic mass is 10.0. The number of aliphatic hydroxyl groups is 1. The van der Waals surface area contributed by atoms with E-state index in [-0.39, 0.29) is 11.4 Å². The van der Waals surface area contributed by atoms with Crippen molar-refractivity contribution in [1.82, 2.24) is 9.88 Å². The van der Waals surface area contributed by atoms with Gasteiger partial charge in [0.2, 0.25) is 5.78 Å². The van der Waals surface area contributed by atoms with Crippen molar-refractivity contribution in [2.45, 2.75) is 12.5 Å². The number of nitrogens with one attached hydrogen (secondary N) is 1. The van der Waals surface area contributed by atoms with E-state index in [1.54, 1.807) is 24.1 Å². The lowest BCUT2D eigenvalue weighted by Gasteiger charge is -2.25. The minimum atomic E-state index is -0.600. The number of benzene rings is 1. The van der Waals surface area contributed by atoms with Gasteiger partial charge in [-0.2, -0.15) is 0 Å². The number of carbonyl (C=O) groups excluding carboxylic acids is 2. The monoisotopic (exact) mass is 464 g/mol. The molecule has 0 fully saturated rings. The summed E-state index contributed by atoms with van der Waals surface area (Å²) in [5, 5.41) is 15.5. The molecule has 0 spiro atoms. The summed E-state index contributed by atoms with van der Waals surface area (Å²) < 4.78 is 5.34. The summed E-state index contributed by atoms with van der Waals surface area (Å²) in [6.45, 7) is 0.358. The highest BCUT2D eigenvalue weighted by atomic mass is 32.1. The molecular formula is C24H20N2O4S2. The maximum Gasteiger partial charge on any atom is 0.290 e. The van der Waals surface area contributed by atoms with Crippen molar-refractivity contribution < 1.29 is 19.4 Å². The predicted molar refractivity (Wildman–Crippen MR) is 126 cm³/mol. The predicted octanol–water partition coefficient (Wildman–Crippen LogP) is 5.12. The summed E-state index contributed by atoms with van der Waals surface area (Å²) in [5.74, 6) is -0.512. The number of aromatic nitrogens is 1. The van der Waals surface area contributed by atoms with Crippen LogP contribution >= 0.6 is 22.7 Å². The summed E-state index contributed by atoms with van der Waals surface area (Å²) in [6, 6.07) is 12.5. The number of rotatable bonds is 7. The van der Waals surface area contributed by atoms with Gasteiger partial charge in [-0.3, -0.25) is 9.59 Å². The van der Waals surface area contributed by atoms with Crippen LogP contribution in [0.2, 0.25) is 0 Å². The second kappa shape index (κ2) is 8.29. The molecule has 5 rings (SSSR count). The van der Waals surface area contributed by atoms with Crippen molar-refractivity contribution >= 4 is 45.3 Å². The third kappa shape index (κ3) is 3.41. The summed E-state index contributed by atoms with van der Waals surface area (Å²) in [5.41, 5.74) is 2.17. The van der Waals surface area contributed by atoms with Crippen molar-refractivity contribution in [3.8, 4) is 5.75 Å². The Bertz CT molecular complexity index is 1320. The molecule has 4 heterocycles. The number of ketones is 1. The molecular weight excluding hydrogens is 444 g/mol. The Kier molecular flexibility index (Phi) is 5.32. The normalized spacial score (nSPS) is 16.3. The van der Waals surface area contributed by atoms with E-state index in [0.29, 0.717) is 17.8 Å². The topological polar surface area (TPSA) is 82.6 Å². The van der Waals surface area contributed by atoms with E-state index in [4.69, 9.17) is 4.74 Å². The van der Waals surface area contributed by atoms with Crippen molar-refractivity contribution in [3.63, 3.8) is 0 Å². The second-order valence-corrected chi connectivity index (χ2v) is 9.39. The molecule has 0 aliphatic carbocycles. The average molecular weight is 465 g/mol. The molecule has 0 unspecified atom stereocenters. The average Bonchev–Trinajstić information content (AvgIpc) is 3.60. The Morgan fingerprint density at radius 3 is 2.72 bits per heavy atom. The Morgan fingerprint density at radius 1 is 1.19 bits per heavy atom. The number of nitrogens with zero attached hydrogens (tertiary/aromatic N) is 1. The number of aromatic amines is 1. The van der Waals surface area contributed by atoms with E-state index in [0.717, 1.165) is 27.1 Å². The summed E-state index contributed by atoms with van der Waals surface area (Å²) >= 11 is 2.77. The van der Waals surface area contributed by atoms with Crippen LogP contribution in [0.5, 0.6) is 5.75 Å². The first-order valence-electron chi connectivity index (χ1n) is 10.1. The molecule has 162 valence electrons. The molecule has 1 aliphatic rings. The van der Waals surface area contributed by atoms with Crippen LogP contribution in [0.15, 0.2) is 70.8 Å². The van der Waals surface area contributed by atoms with Crippen LogP contribution in [0.1, 0.15) is 26.2 Å². The van der Waals surface area contributed by atoms with Crippen LogP contribution in [0, 0.1) is 0 Å². The Labute approximate surface area is 192 Å². The molecule has 1 atom stereocenters. The van der Waals surface area contributed by atoms with Crippen LogP contribution in [-0.2, 0) is 11.2 Å². The van der Waals surface area contributed by atoms with E-state index in [1.165, 1.54) is 22.7 Å². The highest BCUT2D eigenvalue weighted by Gasteiger charge is 2.44. The molecule has 1 aromatic carbocycles. The number of hydrogen-bond donors (Lipinski definition) is 2. The summed E-state index contributed by atoms with van der Waals surface area (Å²) in [6.07, 6.45) is 2.49. The van der Waals surface area contributed by atoms with Gasteiger partial charge < -0.3 is 19.7 Å². The molecule has 1 amide bonds. The molecule has 0 bridgehead atoms. The smallest absolute Gasteiger partial charge is 0.290 e. The van der Waals surface area contributed by atoms with E-state index in [1.807, 2.05) is 47.3 Å². The first-order chi connectivity index (χ1) is 15.6. The fraction of sp³-hybridized carbons (Fsp3) is 0.167. The number of methoxy groups -OCH3 is 1. The first-order valence-corrected chi connectivity index (χ1v) is 11.8. The molecule has 4 aromatic rings. The third-order valence-corrected chi connectivity index (χ3v) is 7.50. The molecule has 0 saturated heterocycles. The maximum atomic E-state index is 13.2. The van der Waals surface area contributed by atoms with Gasteiger partial charge in [-0.15, -0.1) is 22.7 Å². The highest BCUT2D eigenvalue weighted by molar-refractivity contribution is 7.12. The quantitative estimate of drug-likeness (QED) is 0.372. The molecule has 2 N–H and O–H groups in total. The fourth-order valence-corrected chi connectivity index (χ4v) is 5.65. The van der Waals surface area contributed by atoms with Gasteiger partial charge in [0.1, 0.15) is 5.75 Å². The van der Waals surface area contributed by atoms with Crippen LogP contribution in [0.3, 0.4) is 0 Å². The zero-order chi connectivity index (χ0) is 22.2. The van der Waals surface area contributed by atoms with Crippen LogP contribution < -0.4 is 4.74 Å². The van der Waals surface area contributed by atoms with Crippen molar-refractivity contribution in [1.29, 1.82) is 0 Å². The van der Waals surface area contributed by atoms with E-state index < -0.39 is 17.7 Å². The fourth-order valence-electron chi connectivity index (χ4n) is 4.13. The SMILES string of the molecule is COc1ccc2[nH]cc(CCN3C(=O)C(O)=C(C(=O)c4cccs4)[C@@H]3c3cccs3)c2c1. The Morgan fingerprint density at radius 2 is 2.00 bits per heavy atom. The van der Waals surface area contributed by atoms with Crippen LogP contribution in [-0.4, -0.2) is 40.3 Å².